The normalized spacial score (nSPS) is 23.8. The van der Waals surface area contributed by atoms with Crippen LogP contribution in [0.4, 0.5) is 0 Å². The number of carbonyl (C=O) groups is 1. The second-order valence-corrected chi connectivity index (χ2v) is 4.27. The number of carbonyl (C=O) groups excluding carboxylic acids is 1. The predicted molar refractivity (Wildman–Crippen MR) is 57.0 cm³/mol. The summed E-state index contributed by atoms with van der Waals surface area (Å²) in [6.07, 6.45) is 5.33. The summed E-state index contributed by atoms with van der Waals surface area (Å²) in [5, 5.41) is 6.19. The number of nitrogens with one attached hydrogen (secondary N) is 2. The molecule has 4 heteroatoms. The van der Waals surface area contributed by atoms with Crippen LogP contribution >= 0.6 is 11.8 Å². The highest BCUT2D eigenvalue weighted by Gasteiger charge is 2.18. The molecule has 13 heavy (non-hydrogen) atoms. The number of thioether (sulfide) groups is 1. The van der Waals surface area contributed by atoms with Gasteiger partial charge in [0, 0.05) is 18.8 Å². The minimum Gasteiger partial charge on any atom is -0.355 e. The Balaban J connectivity index is 2.24. The Bertz CT molecular complexity index is 164. The quantitative estimate of drug-likeness (QED) is 0.656. The van der Waals surface area contributed by atoms with E-state index < -0.39 is 0 Å². The van der Waals surface area contributed by atoms with Crippen LogP contribution in [0.2, 0.25) is 0 Å². The Hall–Kier alpha value is -0.220. The summed E-state index contributed by atoms with van der Waals surface area (Å²) < 4.78 is 0. The van der Waals surface area contributed by atoms with Crippen molar-refractivity contribution < 1.29 is 4.79 Å². The first-order valence-electron chi connectivity index (χ1n) is 4.84. The molecule has 1 rings (SSSR count). The molecule has 0 saturated carbocycles. The van der Waals surface area contributed by atoms with Gasteiger partial charge in [0.15, 0.2) is 0 Å². The topological polar surface area (TPSA) is 41.1 Å². The van der Waals surface area contributed by atoms with Crippen molar-refractivity contribution in [3.8, 4) is 0 Å². The fraction of sp³-hybridized carbons (Fsp3) is 0.889. The van der Waals surface area contributed by atoms with Gasteiger partial charge >= 0.3 is 0 Å². The standard InChI is InChI=1S/C9H18N2OS/c1-13-7-6-10-8-4-2-3-5-11-9(8)12/h8,10H,2-7H2,1H3,(H,11,12). The number of amides is 1. The van der Waals surface area contributed by atoms with Crippen LogP contribution in [0, 0.1) is 0 Å². The van der Waals surface area contributed by atoms with Crippen LogP contribution in [-0.4, -0.2) is 37.0 Å². The fourth-order valence-corrected chi connectivity index (χ4v) is 1.79. The van der Waals surface area contributed by atoms with Gasteiger partial charge in [0.1, 0.15) is 0 Å². The van der Waals surface area contributed by atoms with Crippen LogP contribution in [0.25, 0.3) is 0 Å². The summed E-state index contributed by atoms with van der Waals surface area (Å²) >= 11 is 1.80. The van der Waals surface area contributed by atoms with Crippen LogP contribution in [-0.2, 0) is 4.79 Å². The van der Waals surface area contributed by atoms with Crippen molar-refractivity contribution in [1.82, 2.24) is 10.6 Å². The maximum absolute atomic E-state index is 11.4. The smallest absolute Gasteiger partial charge is 0.237 e. The summed E-state index contributed by atoms with van der Waals surface area (Å²) in [7, 11) is 0. The summed E-state index contributed by atoms with van der Waals surface area (Å²) in [6, 6.07) is 0.0506. The second-order valence-electron chi connectivity index (χ2n) is 3.29. The van der Waals surface area contributed by atoms with E-state index in [1.165, 1.54) is 0 Å². The Morgan fingerprint density at radius 2 is 2.46 bits per heavy atom. The van der Waals surface area contributed by atoms with Crippen LogP contribution < -0.4 is 10.6 Å². The van der Waals surface area contributed by atoms with Crippen molar-refractivity contribution in [2.75, 3.05) is 25.1 Å². The molecule has 1 aliphatic heterocycles. The SMILES string of the molecule is CSCCNC1CCCCNC1=O. The summed E-state index contributed by atoms with van der Waals surface area (Å²) in [5.41, 5.74) is 0. The highest BCUT2D eigenvalue weighted by molar-refractivity contribution is 7.98. The molecule has 0 aliphatic carbocycles. The lowest BCUT2D eigenvalue weighted by atomic mass is 10.1. The molecule has 1 unspecified atom stereocenters. The van der Waals surface area contributed by atoms with Gasteiger partial charge in [-0.2, -0.15) is 11.8 Å². The van der Waals surface area contributed by atoms with Gasteiger partial charge in [0.05, 0.1) is 6.04 Å². The fourth-order valence-electron chi connectivity index (χ4n) is 1.47. The van der Waals surface area contributed by atoms with Gasteiger partial charge in [-0.05, 0) is 25.5 Å². The van der Waals surface area contributed by atoms with Crippen molar-refractivity contribution in [2.45, 2.75) is 25.3 Å². The molecular formula is C9H18N2OS. The van der Waals surface area contributed by atoms with E-state index in [9.17, 15) is 4.79 Å². The van der Waals surface area contributed by atoms with E-state index in [2.05, 4.69) is 16.9 Å². The third-order valence-electron chi connectivity index (χ3n) is 2.23. The molecule has 0 radical (unpaired) electrons. The van der Waals surface area contributed by atoms with Crippen molar-refractivity contribution >= 4 is 17.7 Å². The van der Waals surface area contributed by atoms with Gasteiger partial charge in [0.25, 0.3) is 0 Å². The van der Waals surface area contributed by atoms with E-state index in [0.717, 1.165) is 38.1 Å². The van der Waals surface area contributed by atoms with E-state index in [1.807, 2.05) is 0 Å². The molecule has 0 aromatic rings. The zero-order chi connectivity index (χ0) is 9.52. The highest BCUT2D eigenvalue weighted by atomic mass is 32.2. The Labute approximate surface area is 84.0 Å². The number of hydrogen-bond acceptors (Lipinski definition) is 3. The van der Waals surface area contributed by atoms with Gasteiger partial charge in [-0.3, -0.25) is 4.79 Å². The van der Waals surface area contributed by atoms with Crippen LogP contribution in [0.5, 0.6) is 0 Å². The number of rotatable bonds is 4. The minimum absolute atomic E-state index is 0.0506. The van der Waals surface area contributed by atoms with Crippen molar-refractivity contribution in [3.63, 3.8) is 0 Å². The average Bonchev–Trinajstić information content (AvgIpc) is 2.32. The molecule has 1 saturated heterocycles. The van der Waals surface area contributed by atoms with Crippen molar-refractivity contribution in [1.29, 1.82) is 0 Å². The lowest BCUT2D eigenvalue weighted by Crippen LogP contribution is -2.43. The van der Waals surface area contributed by atoms with Gasteiger partial charge in [-0.1, -0.05) is 0 Å². The van der Waals surface area contributed by atoms with Gasteiger partial charge in [0.2, 0.25) is 5.91 Å². The van der Waals surface area contributed by atoms with E-state index in [4.69, 9.17) is 0 Å². The largest absolute Gasteiger partial charge is 0.355 e. The molecule has 0 aromatic carbocycles. The molecule has 2 N–H and O–H groups in total. The van der Waals surface area contributed by atoms with Crippen molar-refractivity contribution in [2.24, 2.45) is 0 Å². The van der Waals surface area contributed by atoms with Gasteiger partial charge in [-0.15, -0.1) is 0 Å². The second kappa shape index (κ2) is 6.27. The lowest BCUT2D eigenvalue weighted by Gasteiger charge is -2.14. The summed E-state index contributed by atoms with van der Waals surface area (Å²) in [5.74, 6) is 1.25. The van der Waals surface area contributed by atoms with E-state index >= 15 is 0 Å². The average molecular weight is 202 g/mol. The molecule has 3 nitrogen and oxygen atoms in total. The van der Waals surface area contributed by atoms with Gasteiger partial charge in [-0.25, -0.2) is 0 Å². The molecule has 0 bridgehead atoms. The van der Waals surface area contributed by atoms with Gasteiger partial charge < -0.3 is 10.6 Å². The first-order valence-corrected chi connectivity index (χ1v) is 6.24. The Morgan fingerprint density at radius 3 is 3.23 bits per heavy atom. The van der Waals surface area contributed by atoms with Crippen LogP contribution in [0.15, 0.2) is 0 Å². The maximum Gasteiger partial charge on any atom is 0.237 e. The Morgan fingerprint density at radius 1 is 1.62 bits per heavy atom. The molecule has 0 spiro atoms. The van der Waals surface area contributed by atoms with E-state index in [-0.39, 0.29) is 11.9 Å². The number of hydrogen-bond donors (Lipinski definition) is 2. The predicted octanol–water partition coefficient (Wildman–Crippen LogP) is 0.608. The minimum atomic E-state index is 0.0506. The van der Waals surface area contributed by atoms with Crippen LogP contribution in [0.1, 0.15) is 19.3 Å². The summed E-state index contributed by atoms with van der Waals surface area (Å²) in [6.45, 7) is 1.78. The maximum atomic E-state index is 11.4. The molecular weight excluding hydrogens is 184 g/mol. The third kappa shape index (κ3) is 4.00. The molecule has 0 aromatic heterocycles. The molecule has 1 atom stereocenters. The zero-order valence-corrected chi connectivity index (χ0v) is 8.95. The third-order valence-corrected chi connectivity index (χ3v) is 2.84. The first-order chi connectivity index (χ1) is 6.34. The molecule has 76 valence electrons. The molecule has 1 aliphatic rings. The summed E-state index contributed by atoms with van der Waals surface area (Å²) in [4.78, 5) is 11.4. The van der Waals surface area contributed by atoms with Crippen LogP contribution in [0.3, 0.4) is 0 Å². The monoisotopic (exact) mass is 202 g/mol. The molecule has 1 amide bonds. The van der Waals surface area contributed by atoms with Crippen molar-refractivity contribution in [3.05, 3.63) is 0 Å². The first kappa shape index (κ1) is 10.9. The highest BCUT2D eigenvalue weighted by Crippen LogP contribution is 2.05. The lowest BCUT2D eigenvalue weighted by molar-refractivity contribution is -0.122. The van der Waals surface area contributed by atoms with E-state index in [1.54, 1.807) is 11.8 Å². The Kier molecular flexibility index (Phi) is 5.23. The molecule has 1 heterocycles. The zero-order valence-electron chi connectivity index (χ0n) is 8.14. The molecule has 1 fully saturated rings. The van der Waals surface area contributed by atoms with E-state index in [0.29, 0.717) is 0 Å².